The lowest BCUT2D eigenvalue weighted by atomic mass is 10.0. The van der Waals surface area contributed by atoms with Gasteiger partial charge in [-0.1, -0.05) is 24.3 Å². The summed E-state index contributed by atoms with van der Waals surface area (Å²) < 4.78 is 3.68. The van der Waals surface area contributed by atoms with E-state index >= 15 is 0 Å². The van der Waals surface area contributed by atoms with Crippen LogP contribution in [0.4, 0.5) is 21.0 Å². The van der Waals surface area contributed by atoms with E-state index in [1.165, 1.54) is 0 Å². The number of carbonyl (C=O) groups excluding carboxylic acids is 4. The van der Waals surface area contributed by atoms with E-state index in [0.717, 1.165) is 22.4 Å². The third-order valence-corrected chi connectivity index (χ3v) is 6.11. The molecular formula is C29H32N8O4. The van der Waals surface area contributed by atoms with Gasteiger partial charge in [-0.3, -0.25) is 20.4 Å². The van der Waals surface area contributed by atoms with Gasteiger partial charge in [0.05, 0.1) is 12.8 Å². The van der Waals surface area contributed by atoms with Gasteiger partial charge in [0.1, 0.15) is 0 Å². The van der Waals surface area contributed by atoms with E-state index in [1.54, 1.807) is 24.3 Å². The summed E-state index contributed by atoms with van der Waals surface area (Å²) in [7, 11) is 3.71. The quantitative estimate of drug-likeness (QED) is 0.185. The number of aromatic nitrogens is 2. The molecule has 2 heterocycles. The van der Waals surface area contributed by atoms with Crippen molar-refractivity contribution in [2.24, 2.45) is 14.1 Å². The fraction of sp³-hybridized carbons (Fsp3) is 0.172. The average Bonchev–Trinajstić information content (AvgIpc) is 3.55. The zero-order chi connectivity index (χ0) is 29.2. The molecule has 41 heavy (non-hydrogen) atoms. The Morgan fingerprint density at radius 2 is 1.15 bits per heavy atom. The van der Waals surface area contributed by atoms with Crippen LogP contribution in [0.1, 0.15) is 22.4 Å². The van der Waals surface area contributed by atoms with Crippen molar-refractivity contribution in [3.8, 4) is 0 Å². The summed E-state index contributed by atoms with van der Waals surface area (Å²) in [5.74, 6) is -0.654. The van der Waals surface area contributed by atoms with E-state index < -0.39 is 12.1 Å². The number of hydrogen-bond acceptors (Lipinski definition) is 4. The molecule has 0 saturated heterocycles. The van der Waals surface area contributed by atoms with Crippen molar-refractivity contribution in [2.45, 2.75) is 19.3 Å². The molecule has 0 bridgehead atoms. The number of amides is 6. The Hall–Kier alpha value is -5.52. The maximum Gasteiger partial charge on any atom is 0.337 e. The predicted molar refractivity (Wildman–Crippen MR) is 155 cm³/mol. The first-order valence-corrected chi connectivity index (χ1v) is 12.8. The lowest BCUT2D eigenvalue weighted by Crippen LogP contribution is -2.44. The summed E-state index contributed by atoms with van der Waals surface area (Å²) in [6, 6.07) is 19.1. The zero-order valence-corrected chi connectivity index (χ0v) is 22.7. The highest BCUT2D eigenvalue weighted by atomic mass is 16.2. The zero-order valence-electron chi connectivity index (χ0n) is 22.7. The normalized spacial score (nSPS) is 10.4. The maximum absolute atomic E-state index is 12.1. The van der Waals surface area contributed by atoms with Crippen LogP contribution in [0, 0.1) is 0 Å². The van der Waals surface area contributed by atoms with Crippen LogP contribution in [0.3, 0.4) is 0 Å². The molecule has 0 radical (unpaired) electrons. The average molecular weight is 557 g/mol. The number of anilines is 2. The summed E-state index contributed by atoms with van der Waals surface area (Å²) in [5.41, 5.74) is 14.3. The van der Waals surface area contributed by atoms with Crippen LogP contribution in [0.25, 0.3) is 0 Å². The first-order chi connectivity index (χ1) is 19.7. The van der Waals surface area contributed by atoms with Crippen LogP contribution in [0.5, 0.6) is 0 Å². The highest BCUT2D eigenvalue weighted by molar-refractivity contribution is 5.92. The molecule has 0 atom stereocenters. The van der Waals surface area contributed by atoms with Crippen molar-refractivity contribution >= 4 is 35.3 Å². The molecule has 4 aromatic rings. The smallest absolute Gasteiger partial charge is 0.337 e. The number of rotatable bonds is 8. The lowest BCUT2D eigenvalue weighted by Gasteiger charge is -2.11. The maximum atomic E-state index is 12.1. The number of hydrazine groups is 2. The molecule has 2 aromatic carbocycles. The van der Waals surface area contributed by atoms with Gasteiger partial charge in [0.25, 0.3) is 0 Å². The van der Waals surface area contributed by atoms with E-state index in [4.69, 9.17) is 0 Å². The monoisotopic (exact) mass is 556 g/mol. The molecule has 12 heteroatoms. The number of hydrogen-bond donors (Lipinski definition) is 6. The molecule has 0 unspecified atom stereocenters. The standard InChI is InChI=1S/C29H32N8O4/c1-36-15-13-22(19-36)17-26(38)32-34-28(40)30-23-9-5-20(6-10-23)16-21-7-11-24(12-8-21)31-29(41)35-33-27(39)18-25-4-3-14-37(25)2/h3-15,19H,16-18H2,1-2H3,(H,32,38)(H,33,39)(H2,30,34,40)(H2,31,35,41). The molecule has 0 aliphatic carbocycles. The van der Waals surface area contributed by atoms with Crippen molar-refractivity contribution in [1.29, 1.82) is 0 Å². The van der Waals surface area contributed by atoms with Gasteiger partial charge >= 0.3 is 12.1 Å². The van der Waals surface area contributed by atoms with Gasteiger partial charge in [0.2, 0.25) is 11.8 Å². The second kappa shape index (κ2) is 13.5. The molecule has 4 rings (SSSR count). The Kier molecular flexibility index (Phi) is 9.39. The minimum atomic E-state index is -0.555. The highest BCUT2D eigenvalue weighted by Crippen LogP contribution is 2.16. The van der Waals surface area contributed by atoms with Crippen LogP contribution in [0.15, 0.2) is 85.3 Å². The molecule has 6 N–H and O–H groups in total. The first-order valence-electron chi connectivity index (χ1n) is 12.8. The number of nitrogens with zero attached hydrogens (tertiary/aromatic N) is 2. The lowest BCUT2D eigenvalue weighted by molar-refractivity contribution is -0.121. The van der Waals surface area contributed by atoms with Crippen LogP contribution in [-0.2, 0) is 42.9 Å². The Balaban J connectivity index is 1.16. The number of nitrogens with one attached hydrogen (secondary N) is 6. The number of benzene rings is 2. The second-order valence-corrected chi connectivity index (χ2v) is 9.47. The second-order valence-electron chi connectivity index (χ2n) is 9.47. The topological polar surface area (TPSA) is 150 Å². The van der Waals surface area contributed by atoms with E-state index in [-0.39, 0.29) is 24.7 Å². The third kappa shape index (κ3) is 9.03. The number of urea groups is 2. The first kappa shape index (κ1) is 28.5. The Bertz CT molecular complexity index is 1510. The molecular weight excluding hydrogens is 524 g/mol. The minimum absolute atomic E-state index is 0.149. The van der Waals surface area contributed by atoms with E-state index in [0.29, 0.717) is 17.8 Å². The van der Waals surface area contributed by atoms with Crippen molar-refractivity contribution in [1.82, 2.24) is 30.8 Å². The van der Waals surface area contributed by atoms with Gasteiger partial charge < -0.3 is 19.8 Å². The fourth-order valence-corrected chi connectivity index (χ4v) is 4.01. The number of carbonyl (C=O) groups is 4. The molecule has 0 fully saturated rings. The van der Waals surface area contributed by atoms with E-state index in [1.807, 2.05) is 84.3 Å². The third-order valence-electron chi connectivity index (χ3n) is 6.11. The molecule has 6 amide bonds. The highest BCUT2D eigenvalue weighted by Gasteiger charge is 2.09. The van der Waals surface area contributed by atoms with Gasteiger partial charge in [-0.25, -0.2) is 20.4 Å². The SMILES string of the molecule is Cn1ccc(CC(=O)NNC(=O)Nc2ccc(Cc3ccc(NC(=O)NNC(=O)Cc4cccn4C)cc3)cc2)c1. The van der Waals surface area contributed by atoms with E-state index in [2.05, 4.69) is 32.3 Å². The van der Waals surface area contributed by atoms with Crippen molar-refractivity contribution < 1.29 is 19.2 Å². The summed E-state index contributed by atoms with van der Waals surface area (Å²) >= 11 is 0. The summed E-state index contributed by atoms with van der Waals surface area (Å²) in [5, 5.41) is 5.34. The molecule has 0 aliphatic heterocycles. The largest absolute Gasteiger partial charge is 0.357 e. The summed E-state index contributed by atoms with van der Waals surface area (Å²) in [6.07, 6.45) is 6.48. The van der Waals surface area contributed by atoms with Crippen LogP contribution in [0.2, 0.25) is 0 Å². The Labute approximate surface area is 237 Å². The summed E-state index contributed by atoms with van der Waals surface area (Å²) in [6.45, 7) is 0. The van der Waals surface area contributed by atoms with Gasteiger partial charge in [0, 0.05) is 49.8 Å². The minimum Gasteiger partial charge on any atom is -0.357 e. The van der Waals surface area contributed by atoms with Crippen molar-refractivity contribution in [3.63, 3.8) is 0 Å². The van der Waals surface area contributed by atoms with Crippen molar-refractivity contribution in [3.05, 3.63) is 108 Å². The Morgan fingerprint density at radius 1 is 0.610 bits per heavy atom. The van der Waals surface area contributed by atoms with Crippen molar-refractivity contribution in [2.75, 3.05) is 10.6 Å². The summed E-state index contributed by atoms with van der Waals surface area (Å²) in [4.78, 5) is 48.2. The van der Waals surface area contributed by atoms with Crippen LogP contribution >= 0.6 is 0 Å². The molecule has 212 valence electrons. The molecule has 0 aliphatic rings. The van der Waals surface area contributed by atoms with Gasteiger partial charge in [-0.2, -0.15) is 0 Å². The molecule has 0 saturated carbocycles. The van der Waals surface area contributed by atoms with Gasteiger partial charge in [0.15, 0.2) is 0 Å². The van der Waals surface area contributed by atoms with Gasteiger partial charge in [-0.15, -0.1) is 0 Å². The van der Waals surface area contributed by atoms with Crippen LogP contribution < -0.4 is 32.3 Å². The van der Waals surface area contributed by atoms with Crippen LogP contribution in [-0.4, -0.2) is 33.0 Å². The predicted octanol–water partition coefficient (Wildman–Crippen LogP) is 2.75. The molecule has 2 aromatic heterocycles. The number of aryl methyl sites for hydroxylation is 2. The fourth-order valence-electron chi connectivity index (χ4n) is 4.01. The van der Waals surface area contributed by atoms with E-state index in [9.17, 15) is 19.2 Å². The van der Waals surface area contributed by atoms with Gasteiger partial charge in [-0.05, 0) is 65.6 Å². The molecule has 0 spiro atoms. The Morgan fingerprint density at radius 3 is 1.61 bits per heavy atom. The molecule has 12 nitrogen and oxygen atoms in total.